The summed E-state index contributed by atoms with van der Waals surface area (Å²) >= 11 is 0. The van der Waals surface area contributed by atoms with Crippen molar-refractivity contribution in [2.75, 3.05) is 0 Å². The molecule has 0 fully saturated rings. The van der Waals surface area contributed by atoms with Crippen molar-refractivity contribution in [3.63, 3.8) is 0 Å². The Morgan fingerprint density at radius 3 is 2.06 bits per heavy atom. The first kappa shape index (κ1) is 23.1. The quantitative estimate of drug-likeness (QED) is 0.230. The molecule has 0 radical (unpaired) electrons. The Hall–Kier alpha value is -2.59. The summed E-state index contributed by atoms with van der Waals surface area (Å²) in [6.45, 7) is 4.46. The molecular weight excluding hydrogens is 379 g/mol. The fourth-order valence-electron chi connectivity index (χ4n) is 4.00. The van der Waals surface area contributed by atoms with Crippen molar-refractivity contribution in [3.8, 4) is 11.8 Å². The molecule has 0 nitrogen and oxygen atoms in total. The maximum Gasteiger partial charge on any atom is 0.146 e. The fourth-order valence-corrected chi connectivity index (χ4v) is 4.00. The van der Waals surface area contributed by atoms with Crippen molar-refractivity contribution >= 4 is 10.8 Å². The fraction of sp³-hybridized carbons (Fsp3) is 0.400. The Labute approximate surface area is 187 Å². The number of halogens is 1. The average Bonchev–Trinajstić information content (AvgIpc) is 2.79. The third-order valence-electron chi connectivity index (χ3n) is 5.95. The van der Waals surface area contributed by atoms with Gasteiger partial charge in [-0.15, -0.1) is 0 Å². The van der Waals surface area contributed by atoms with Crippen molar-refractivity contribution in [1.82, 2.24) is 0 Å². The first-order valence-electron chi connectivity index (χ1n) is 12.0. The van der Waals surface area contributed by atoms with E-state index in [4.69, 9.17) is 0 Å². The molecule has 31 heavy (non-hydrogen) atoms. The van der Waals surface area contributed by atoms with E-state index in [2.05, 4.69) is 62.1 Å². The molecule has 0 saturated heterocycles. The highest BCUT2D eigenvalue weighted by molar-refractivity contribution is 5.85. The first-order valence-corrected chi connectivity index (χ1v) is 12.0. The van der Waals surface area contributed by atoms with Crippen LogP contribution in [0.25, 0.3) is 10.8 Å². The zero-order valence-electron chi connectivity index (χ0n) is 19.1. The van der Waals surface area contributed by atoms with Crippen LogP contribution in [0.4, 0.5) is 4.39 Å². The van der Waals surface area contributed by atoms with Crippen LogP contribution in [0.3, 0.4) is 0 Å². The van der Waals surface area contributed by atoms with E-state index in [0.29, 0.717) is 10.9 Å². The molecule has 0 aromatic heterocycles. The lowest BCUT2D eigenvalue weighted by molar-refractivity contribution is 0.632. The topological polar surface area (TPSA) is 0 Å². The molecular formula is C30H35F. The highest BCUT2D eigenvalue weighted by Crippen LogP contribution is 2.23. The number of unbranched alkanes of at least 4 members (excludes halogenated alkanes) is 6. The van der Waals surface area contributed by atoms with E-state index < -0.39 is 0 Å². The zero-order valence-corrected chi connectivity index (χ0v) is 19.1. The molecule has 3 rings (SSSR count). The third-order valence-corrected chi connectivity index (χ3v) is 5.95. The van der Waals surface area contributed by atoms with Gasteiger partial charge in [-0.3, -0.25) is 0 Å². The van der Waals surface area contributed by atoms with Crippen molar-refractivity contribution in [2.45, 2.75) is 78.1 Å². The summed E-state index contributed by atoms with van der Waals surface area (Å²) in [5.74, 6) is 5.96. The molecule has 0 spiro atoms. The Bertz CT molecular complexity index is 1020. The summed E-state index contributed by atoms with van der Waals surface area (Å²) in [5, 5.41) is 1.62. The second-order valence-electron chi connectivity index (χ2n) is 8.55. The number of fused-ring (bicyclic) bond motifs is 1. The lowest BCUT2D eigenvalue weighted by Gasteiger charge is -2.06. The van der Waals surface area contributed by atoms with Crippen molar-refractivity contribution < 1.29 is 4.39 Å². The minimum atomic E-state index is -0.214. The minimum absolute atomic E-state index is 0.214. The predicted octanol–water partition coefficient (Wildman–Crippen LogP) is 8.62. The van der Waals surface area contributed by atoms with Gasteiger partial charge in [0.05, 0.1) is 5.56 Å². The molecule has 0 aliphatic rings. The van der Waals surface area contributed by atoms with Crippen LogP contribution in [-0.2, 0) is 12.8 Å². The summed E-state index contributed by atoms with van der Waals surface area (Å²) in [5.41, 5.74) is 4.03. The predicted molar refractivity (Wildman–Crippen MR) is 132 cm³/mol. The molecule has 0 aliphatic carbocycles. The Morgan fingerprint density at radius 2 is 1.29 bits per heavy atom. The Morgan fingerprint density at radius 1 is 0.645 bits per heavy atom. The largest absolute Gasteiger partial charge is 0.205 e. The van der Waals surface area contributed by atoms with Crippen molar-refractivity contribution in [1.29, 1.82) is 0 Å². The monoisotopic (exact) mass is 414 g/mol. The third kappa shape index (κ3) is 6.96. The number of rotatable bonds is 10. The number of hydrogen-bond acceptors (Lipinski definition) is 0. The Kier molecular flexibility index (Phi) is 9.16. The number of aryl methyl sites for hydroxylation is 2. The first-order chi connectivity index (χ1) is 15.2. The molecule has 162 valence electrons. The lowest BCUT2D eigenvalue weighted by Crippen LogP contribution is -1.90. The summed E-state index contributed by atoms with van der Waals surface area (Å²) in [6.07, 6.45) is 12.3. The van der Waals surface area contributed by atoms with Gasteiger partial charge in [0.15, 0.2) is 0 Å². The van der Waals surface area contributed by atoms with Gasteiger partial charge in [0.25, 0.3) is 0 Å². The van der Waals surface area contributed by atoms with Crippen LogP contribution in [-0.4, -0.2) is 0 Å². The van der Waals surface area contributed by atoms with Gasteiger partial charge in [0.2, 0.25) is 0 Å². The van der Waals surface area contributed by atoms with Gasteiger partial charge in [0.1, 0.15) is 5.82 Å². The lowest BCUT2D eigenvalue weighted by atomic mass is 10.0. The van der Waals surface area contributed by atoms with Gasteiger partial charge in [-0.05, 0) is 60.4 Å². The highest BCUT2D eigenvalue weighted by Gasteiger charge is 2.06. The molecule has 3 aromatic rings. The van der Waals surface area contributed by atoms with Gasteiger partial charge >= 0.3 is 0 Å². The molecule has 3 aromatic carbocycles. The van der Waals surface area contributed by atoms with E-state index in [1.54, 1.807) is 0 Å². The summed E-state index contributed by atoms with van der Waals surface area (Å²) in [6, 6.07) is 18.3. The van der Waals surface area contributed by atoms with Crippen LogP contribution in [0, 0.1) is 17.7 Å². The van der Waals surface area contributed by atoms with Crippen LogP contribution in [0.5, 0.6) is 0 Å². The van der Waals surface area contributed by atoms with Crippen LogP contribution in [0.2, 0.25) is 0 Å². The van der Waals surface area contributed by atoms with E-state index >= 15 is 0 Å². The second-order valence-corrected chi connectivity index (χ2v) is 8.55. The normalized spacial score (nSPS) is 10.8. The summed E-state index contributed by atoms with van der Waals surface area (Å²) in [4.78, 5) is 0. The summed E-state index contributed by atoms with van der Waals surface area (Å²) < 4.78 is 15.0. The van der Waals surface area contributed by atoms with Gasteiger partial charge < -0.3 is 0 Å². The molecule has 1 heteroatoms. The van der Waals surface area contributed by atoms with E-state index in [1.165, 1.54) is 62.5 Å². The van der Waals surface area contributed by atoms with E-state index in [-0.39, 0.29) is 5.82 Å². The van der Waals surface area contributed by atoms with Gasteiger partial charge in [-0.25, -0.2) is 4.39 Å². The molecule has 0 heterocycles. The zero-order chi connectivity index (χ0) is 21.9. The number of hydrogen-bond donors (Lipinski definition) is 0. The molecule has 0 aliphatic heterocycles. The summed E-state index contributed by atoms with van der Waals surface area (Å²) in [7, 11) is 0. The molecule has 0 atom stereocenters. The molecule has 0 bridgehead atoms. The van der Waals surface area contributed by atoms with Crippen molar-refractivity contribution in [3.05, 3.63) is 82.7 Å². The molecule has 0 saturated carbocycles. The maximum absolute atomic E-state index is 15.0. The van der Waals surface area contributed by atoms with Crippen LogP contribution in [0.15, 0.2) is 54.6 Å². The van der Waals surface area contributed by atoms with Crippen LogP contribution >= 0.6 is 0 Å². The van der Waals surface area contributed by atoms with Crippen molar-refractivity contribution in [2.24, 2.45) is 0 Å². The van der Waals surface area contributed by atoms with Gasteiger partial charge in [0, 0.05) is 10.9 Å². The van der Waals surface area contributed by atoms with E-state index in [0.717, 1.165) is 23.8 Å². The van der Waals surface area contributed by atoms with Gasteiger partial charge in [-0.1, -0.05) is 101 Å². The molecule has 0 N–H and O–H groups in total. The van der Waals surface area contributed by atoms with Crippen LogP contribution < -0.4 is 0 Å². The van der Waals surface area contributed by atoms with E-state index in [1.807, 2.05) is 18.2 Å². The standard InChI is InChI=1S/C30H35F/c1-3-5-7-8-10-11-24-13-15-25(16-14-24)17-19-27-20-21-28-23-26(12-9-6-4-2)18-22-29(28)30(27)31/h13-16,18,20-23H,3-12H2,1-2H3. The molecule has 0 unspecified atom stereocenters. The van der Waals surface area contributed by atoms with Crippen LogP contribution in [0.1, 0.15) is 87.5 Å². The second kappa shape index (κ2) is 12.3. The molecule has 0 amide bonds. The minimum Gasteiger partial charge on any atom is -0.205 e. The smallest absolute Gasteiger partial charge is 0.146 e. The van der Waals surface area contributed by atoms with E-state index in [9.17, 15) is 4.39 Å². The number of benzene rings is 3. The maximum atomic E-state index is 15.0. The SMILES string of the molecule is CCCCCCCc1ccc(C#Cc2ccc3cc(CCCCC)ccc3c2F)cc1. The highest BCUT2D eigenvalue weighted by atomic mass is 19.1. The van der Waals surface area contributed by atoms with Gasteiger partial charge in [-0.2, -0.15) is 0 Å². The Balaban J connectivity index is 1.65. The average molecular weight is 415 g/mol.